The summed E-state index contributed by atoms with van der Waals surface area (Å²) in [6, 6.07) is 5.47. The van der Waals surface area contributed by atoms with Gasteiger partial charge in [0.25, 0.3) is 0 Å². The largest absolute Gasteiger partial charge is 0.491 e. The number of hydrogen-bond donors (Lipinski definition) is 2. The fourth-order valence-corrected chi connectivity index (χ4v) is 3.14. The predicted octanol–water partition coefficient (Wildman–Crippen LogP) is 1.56. The molecule has 2 rings (SSSR count). The molecule has 1 saturated heterocycles. The second kappa shape index (κ2) is 7.96. The number of aliphatic hydroxyl groups is 1. The zero-order chi connectivity index (χ0) is 17.9. The summed E-state index contributed by atoms with van der Waals surface area (Å²) in [7, 11) is 3.96. The lowest BCUT2D eigenvalue weighted by Gasteiger charge is -2.22. The van der Waals surface area contributed by atoms with Crippen molar-refractivity contribution in [2.24, 2.45) is 0 Å². The molecule has 0 bridgehead atoms. The average molecular weight is 336 g/mol. The van der Waals surface area contributed by atoms with Gasteiger partial charge in [0.1, 0.15) is 11.8 Å². The van der Waals surface area contributed by atoms with Gasteiger partial charge in [-0.25, -0.2) is 0 Å². The highest BCUT2D eigenvalue weighted by Gasteiger charge is 2.37. The first-order valence-electron chi connectivity index (χ1n) is 8.34. The maximum absolute atomic E-state index is 11.5. The molecule has 24 heavy (non-hydrogen) atoms. The van der Waals surface area contributed by atoms with E-state index in [1.54, 1.807) is 0 Å². The molecule has 2 atom stereocenters. The number of hydrogen-bond acceptors (Lipinski definition) is 5. The lowest BCUT2D eigenvalue weighted by Crippen LogP contribution is -2.35. The molecule has 0 saturated carbocycles. The molecule has 0 unspecified atom stereocenters. The van der Waals surface area contributed by atoms with Gasteiger partial charge in [-0.15, -0.1) is 0 Å². The van der Waals surface area contributed by atoms with Crippen LogP contribution in [0.1, 0.15) is 31.4 Å². The van der Waals surface area contributed by atoms with Crippen LogP contribution in [-0.4, -0.2) is 64.8 Å². The van der Waals surface area contributed by atoms with Crippen LogP contribution in [0.15, 0.2) is 18.2 Å². The highest BCUT2D eigenvalue weighted by Crippen LogP contribution is 2.26. The predicted molar refractivity (Wildman–Crippen MR) is 92.1 cm³/mol. The zero-order valence-electron chi connectivity index (χ0n) is 14.9. The molecule has 134 valence electrons. The van der Waals surface area contributed by atoms with E-state index in [-0.39, 0.29) is 18.8 Å². The third-order valence-corrected chi connectivity index (χ3v) is 4.44. The first kappa shape index (κ1) is 18.7. The van der Waals surface area contributed by atoms with Crippen molar-refractivity contribution in [2.45, 2.75) is 51.6 Å². The Kier molecular flexibility index (Phi) is 6.21. The third-order valence-electron chi connectivity index (χ3n) is 4.44. The van der Waals surface area contributed by atoms with Gasteiger partial charge >= 0.3 is 5.97 Å². The molecule has 1 aromatic carbocycles. The highest BCUT2D eigenvalue weighted by atomic mass is 16.5. The Balaban J connectivity index is 2.15. The second-order valence-corrected chi connectivity index (χ2v) is 6.90. The molecule has 1 heterocycles. The molecular formula is C18H28N2O4. The van der Waals surface area contributed by atoms with Gasteiger partial charge in [-0.2, -0.15) is 0 Å². The topological polar surface area (TPSA) is 73.2 Å². The SMILES string of the molecule is CC(C)Oc1ccc(CN2C[C@H](N(C)C)C[C@H]2C(=O)O)cc1CO. The minimum atomic E-state index is -0.776. The van der Waals surface area contributed by atoms with E-state index in [1.807, 2.05) is 51.0 Å². The van der Waals surface area contributed by atoms with Gasteiger partial charge in [-0.1, -0.05) is 6.07 Å². The Labute approximate surface area is 143 Å². The fraction of sp³-hybridized carbons (Fsp3) is 0.611. The molecule has 0 aliphatic carbocycles. The van der Waals surface area contributed by atoms with E-state index >= 15 is 0 Å². The number of aliphatic carboxylic acids is 1. The van der Waals surface area contributed by atoms with Crippen LogP contribution in [-0.2, 0) is 17.9 Å². The summed E-state index contributed by atoms with van der Waals surface area (Å²) in [5, 5.41) is 19.1. The van der Waals surface area contributed by atoms with Crippen molar-refractivity contribution in [2.75, 3.05) is 20.6 Å². The van der Waals surface area contributed by atoms with Crippen LogP contribution in [0.5, 0.6) is 5.75 Å². The molecule has 0 aromatic heterocycles. The summed E-state index contributed by atoms with van der Waals surface area (Å²) < 4.78 is 5.69. The van der Waals surface area contributed by atoms with Crippen molar-refractivity contribution in [3.8, 4) is 5.75 Å². The average Bonchev–Trinajstić information content (AvgIpc) is 2.92. The number of carboxylic acid groups (broad SMARTS) is 1. The first-order valence-corrected chi connectivity index (χ1v) is 8.34. The Morgan fingerprint density at radius 2 is 2.12 bits per heavy atom. The highest BCUT2D eigenvalue weighted by molar-refractivity contribution is 5.74. The molecule has 6 nitrogen and oxygen atoms in total. The van der Waals surface area contributed by atoms with E-state index < -0.39 is 12.0 Å². The van der Waals surface area contributed by atoms with Crippen LogP contribution in [0.25, 0.3) is 0 Å². The quantitative estimate of drug-likeness (QED) is 0.787. The Bertz CT molecular complexity index is 574. The number of aliphatic hydroxyl groups excluding tert-OH is 1. The molecule has 0 amide bonds. The Hall–Kier alpha value is -1.63. The lowest BCUT2D eigenvalue weighted by atomic mass is 10.1. The van der Waals surface area contributed by atoms with Crippen molar-refractivity contribution < 1.29 is 19.7 Å². The van der Waals surface area contributed by atoms with Gasteiger partial charge < -0.3 is 19.8 Å². The van der Waals surface area contributed by atoms with Gasteiger partial charge in [0, 0.05) is 24.7 Å². The van der Waals surface area contributed by atoms with Crippen LogP contribution in [0, 0.1) is 0 Å². The van der Waals surface area contributed by atoms with Gasteiger partial charge in [-0.05, 0) is 52.1 Å². The molecule has 2 N–H and O–H groups in total. The number of carboxylic acids is 1. The molecule has 1 fully saturated rings. The van der Waals surface area contributed by atoms with Gasteiger partial charge in [0.05, 0.1) is 12.7 Å². The standard InChI is InChI=1S/C18H28N2O4/c1-12(2)24-17-6-5-13(7-14(17)11-21)9-20-10-15(19(3)4)8-16(20)18(22)23/h5-7,12,15-16,21H,8-11H2,1-4H3,(H,22,23)/t15-,16+/m1/s1. The Morgan fingerprint density at radius 3 is 2.67 bits per heavy atom. The smallest absolute Gasteiger partial charge is 0.320 e. The summed E-state index contributed by atoms with van der Waals surface area (Å²) in [4.78, 5) is 15.6. The number of benzene rings is 1. The minimum Gasteiger partial charge on any atom is -0.491 e. The Morgan fingerprint density at radius 1 is 1.42 bits per heavy atom. The van der Waals surface area contributed by atoms with Crippen LogP contribution in [0.2, 0.25) is 0 Å². The molecule has 1 aliphatic rings. The van der Waals surface area contributed by atoms with Crippen molar-refractivity contribution >= 4 is 5.97 Å². The normalized spacial score (nSPS) is 21.6. The van der Waals surface area contributed by atoms with Crippen LogP contribution < -0.4 is 4.74 Å². The van der Waals surface area contributed by atoms with Crippen LogP contribution in [0.4, 0.5) is 0 Å². The lowest BCUT2D eigenvalue weighted by molar-refractivity contribution is -0.142. The summed E-state index contributed by atoms with van der Waals surface area (Å²) in [6.07, 6.45) is 0.668. The van der Waals surface area contributed by atoms with Crippen molar-refractivity contribution in [3.05, 3.63) is 29.3 Å². The number of ether oxygens (including phenoxy) is 1. The number of nitrogens with zero attached hydrogens (tertiary/aromatic N) is 2. The summed E-state index contributed by atoms with van der Waals surface area (Å²) in [5.41, 5.74) is 1.72. The summed E-state index contributed by atoms with van der Waals surface area (Å²) >= 11 is 0. The number of likely N-dealkylation sites (tertiary alicyclic amines) is 1. The van der Waals surface area contributed by atoms with Crippen molar-refractivity contribution in [1.82, 2.24) is 9.80 Å². The van der Waals surface area contributed by atoms with E-state index in [1.165, 1.54) is 0 Å². The van der Waals surface area contributed by atoms with Crippen LogP contribution >= 0.6 is 0 Å². The minimum absolute atomic E-state index is 0.0389. The number of carbonyl (C=O) groups is 1. The number of likely N-dealkylation sites (N-methyl/N-ethyl adjacent to an activating group) is 1. The van der Waals surface area contributed by atoms with Gasteiger partial charge in [0.15, 0.2) is 0 Å². The first-order chi connectivity index (χ1) is 11.3. The van der Waals surface area contributed by atoms with E-state index in [0.717, 1.165) is 17.7 Å². The third kappa shape index (κ3) is 4.47. The second-order valence-electron chi connectivity index (χ2n) is 6.90. The maximum atomic E-state index is 11.5. The fourth-order valence-electron chi connectivity index (χ4n) is 3.14. The maximum Gasteiger partial charge on any atom is 0.320 e. The summed E-state index contributed by atoms with van der Waals surface area (Å²) in [5.74, 6) is -0.0971. The molecule has 0 spiro atoms. The summed E-state index contributed by atoms with van der Waals surface area (Å²) in [6.45, 7) is 5.06. The molecular weight excluding hydrogens is 308 g/mol. The molecule has 1 aromatic rings. The van der Waals surface area contributed by atoms with Crippen molar-refractivity contribution in [1.29, 1.82) is 0 Å². The van der Waals surface area contributed by atoms with Crippen LogP contribution in [0.3, 0.4) is 0 Å². The zero-order valence-corrected chi connectivity index (χ0v) is 14.9. The van der Waals surface area contributed by atoms with Gasteiger partial charge in [0.2, 0.25) is 0 Å². The van der Waals surface area contributed by atoms with E-state index in [0.29, 0.717) is 18.7 Å². The van der Waals surface area contributed by atoms with E-state index in [9.17, 15) is 15.0 Å². The molecule has 1 aliphatic heterocycles. The van der Waals surface area contributed by atoms with E-state index in [2.05, 4.69) is 4.90 Å². The van der Waals surface area contributed by atoms with Gasteiger partial charge in [-0.3, -0.25) is 9.69 Å². The number of rotatable bonds is 7. The van der Waals surface area contributed by atoms with E-state index in [4.69, 9.17) is 4.74 Å². The molecule has 6 heteroatoms. The monoisotopic (exact) mass is 336 g/mol. The molecule has 0 radical (unpaired) electrons. The van der Waals surface area contributed by atoms with Crippen molar-refractivity contribution in [3.63, 3.8) is 0 Å².